The SMILES string of the molecule is C=C(/C=C/C=C1/N(CC)c2ccccc2C1(C)C)C(C)(C)c1ccccc1C. The van der Waals surface area contributed by atoms with Crippen molar-refractivity contribution in [2.45, 2.75) is 52.4 Å². The number of nitrogens with zero attached hydrogens (tertiary/aromatic N) is 1. The summed E-state index contributed by atoms with van der Waals surface area (Å²) in [5, 5.41) is 0. The molecule has 0 bridgehead atoms. The topological polar surface area (TPSA) is 3.24 Å². The summed E-state index contributed by atoms with van der Waals surface area (Å²) in [6.07, 6.45) is 6.61. The van der Waals surface area contributed by atoms with Gasteiger partial charge in [0.1, 0.15) is 0 Å². The van der Waals surface area contributed by atoms with Crippen LogP contribution in [0.25, 0.3) is 0 Å². The fourth-order valence-corrected chi connectivity index (χ4v) is 4.39. The molecule has 3 rings (SSSR count). The maximum absolute atomic E-state index is 4.39. The van der Waals surface area contributed by atoms with Crippen LogP contribution in [0.3, 0.4) is 0 Å². The van der Waals surface area contributed by atoms with Gasteiger partial charge in [-0.2, -0.15) is 0 Å². The first-order valence-electron chi connectivity index (χ1n) is 10.2. The zero-order valence-electron chi connectivity index (χ0n) is 18.2. The zero-order chi connectivity index (χ0) is 20.5. The zero-order valence-corrected chi connectivity index (χ0v) is 18.2. The molecule has 1 aliphatic rings. The van der Waals surface area contributed by atoms with E-state index in [1.54, 1.807) is 0 Å². The first-order chi connectivity index (χ1) is 13.2. The van der Waals surface area contributed by atoms with E-state index in [-0.39, 0.29) is 10.8 Å². The van der Waals surface area contributed by atoms with Gasteiger partial charge in [0.05, 0.1) is 0 Å². The maximum atomic E-state index is 4.39. The molecule has 2 aromatic rings. The first kappa shape index (κ1) is 20.2. The smallest absolute Gasteiger partial charge is 0.0450 e. The number of hydrogen-bond acceptors (Lipinski definition) is 1. The summed E-state index contributed by atoms with van der Waals surface area (Å²) < 4.78 is 0. The van der Waals surface area contributed by atoms with E-state index in [0.717, 1.165) is 12.1 Å². The van der Waals surface area contributed by atoms with Gasteiger partial charge in [-0.25, -0.2) is 0 Å². The van der Waals surface area contributed by atoms with Gasteiger partial charge in [0.15, 0.2) is 0 Å². The summed E-state index contributed by atoms with van der Waals surface area (Å²) in [6.45, 7) is 18.9. The number of hydrogen-bond donors (Lipinski definition) is 0. The molecule has 28 heavy (non-hydrogen) atoms. The van der Waals surface area contributed by atoms with Gasteiger partial charge in [-0.05, 0) is 48.3 Å². The van der Waals surface area contributed by atoms with Crippen molar-refractivity contribution in [3.05, 3.63) is 101 Å². The third kappa shape index (κ3) is 3.35. The van der Waals surface area contributed by atoms with Crippen LogP contribution < -0.4 is 4.90 Å². The van der Waals surface area contributed by atoms with Crippen LogP contribution in [0.5, 0.6) is 0 Å². The van der Waals surface area contributed by atoms with Gasteiger partial charge in [0.25, 0.3) is 0 Å². The van der Waals surface area contributed by atoms with Gasteiger partial charge in [-0.3, -0.25) is 0 Å². The number of benzene rings is 2. The lowest BCUT2D eigenvalue weighted by molar-refractivity contribution is 0.632. The second kappa shape index (κ2) is 7.47. The minimum atomic E-state index is -0.0983. The molecule has 146 valence electrons. The summed E-state index contributed by atoms with van der Waals surface area (Å²) in [5.74, 6) is 0. The second-order valence-electron chi connectivity index (χ2n) is 8.76. The highest BCUT2D eigenvalue weighted by Crippen LogP contribution is 2.47. The van der Waals surface area contributed by atoms with E-state index in [2.05, 4.69) is 120 Å². The molecule has 2 aromatic carbocycles. The number of allylic oxidation sites excluding steroid dienone is 5. The van der Waals surface area contributed by atoms with E-state index in [0.29, 0.717) is 0 Å². The molecule has 0 amide bonds. The van der Waals surface area contributed by atoms with Crippen molar-refractivity contribution in [1.82, 2.24) is 0 Å². The van der Waals surface area contributed by atoms with Crippen molar-refractivity contribution in [2.75, 3.05) is 11.4 Å². The lowest BCUT2D eigenvalue weighted by atomic mass is 9.76. The van der Waals surface area contributed by atoms with Crippen molar-refractivity contribution in [2.24, 2.45) is 0 Å². The number of fused-ring (bicyclic) bond motifs is 1. The fraction of sp³-hybridized carbons (Fsp3) is 0.333. The van der Waals surface area contributed by atoms with Gasteiger partial charge in [0.2, 0.25) is 0 Å². The molecule has 0 radical (unpaired) electrons. The van der Waals surface area contributed by atoms with Gasteiger partial charge in [-0.1, -0.05) is 88.9 Å². The molecule has 0 aromatic heterocycles. The quantitative estimate of drug-likeness (QED) is 0.507. The van der Waals surface area contributed by atoms with E-state index in [1.807, 2.05) is 0 Å². The molecule has 1 heteroatoms. The molecule has 0 spiro atoms. The van der Waals surface area contributed by atoms with E-state index in [9.17, 15) is 0 Å². The molecule has 1 heterocycles. The van der Waals surface area contributed by atoms with Crippen LogP contribution in [0, 0.1) is 6.92 Å². The number of para-hydroxylation sites is 1. The van der Waals surface area contributed by atoms with Crippen LogP contribution >= 0.6 is 0 Å². The molecule has 0 atom stereocenters. The Labute approximate surface area is 171 Å². The van der Waals surface area contributed by atoms with Gasteiger partial charge in [0, 0.05) is 28.8 Å². The minimum absolute atomic E-state index is 0.00378. The molecular weight excluding hydrogens is 338 g/mol. The van der Waals surface area contributed by atoms with Gasteiger partial charge < -0.3 is 4.90 Å². The summed E-state index contributed by atoms with van der Waals surface area (Å²) in [5.41, 5.74) is 7.74. The largest absolute Gasteiger partial charge is 0.344 e. The van der Waals surface area contributed by atoms with Gasteiger partial charge >= 0.3 is 0 Å². The number of aryl methyl sites for hydroxylation is 1. The lowest BCUT2D eigenvalue weighted by Crippen LogP contribution is -2.25. The number of likely N-dealkylation sites (N-methyl/N-ethyl adjacent to an activating group) is 1. The Kier molecular flexibility index (Phi) is 5.39. The predicted molar refractivity (Wildman–Crippen MR) is 123 cm³/mol. The molecule has 0 fully saturated rings. The Morgan fingerprint density at radius 1 is 1.07 bits per heavy atom. The van der Waals surface area contributed by atoms with Crippen LogP contribution in [0.1, 0.15) is 51.3 Å². The highest BCUT2D eigenvalue weighted by Gasteiger charge is 2.38. The summed E-state index contributed by atoms with van der Waals surface area (Å²) in [4.78, 5) is 2.43. The molecule has 0 saturated heterocycles. The Balaban J connectivity index is 1.90. The van der Waals surface area contributed by atoms with Crippen molar-refractivity contribution in [3.8, 4) is 0 Å². The molecule has 0 saturated carbocycles. The minimum Gasteiger partial charge on any atom is -0.344 e. The molecule has 1 aliphatic heterocycles. The third-order valence-electron chi connectivity index (χ3n) is 6.29. The van der Waals surface area contributed by atoms with Gasteiger partial charge in [-0.15, -0.1) is 0 Å². The Hall–Kier alpha value is -2.54. The van der Waals surface area contributed by atoms with E-state index < -0.39 is 0 Å². The van der Waals surface area contributed by atoms with Crippen LogP contribution in [-0.4, -0.2) is 6.54 Å². The van der Waals surface area contributed by atoms with Crippen LogP contribution in [0.15, 0.2) is 84.6 Å². The lowest BCUT2D eigenvalue weighted by Gasteiger charge is -2.28. The average molecular weight is 372 g/mol. The van der Waals surface area contributed by atoms with E-state index >= 15 is 0 Å². The Morgan fingerprint density at radius 3 is 2.39 bits per heavy atom. The summed E-state index contributed by atoms with van der Waals surface area (Å²) in [7, 11) is 0. The van der Waals surface area contributed by atoms with Crippen molar-refractivity contribution >= 4 is 5.69 Å². The Morgan fingerprint density at radius 2 is 1.71 bits per heavy atom. The standard InChI is InChI=1S/C27H33N/c1-8-28-24-18-12-11-17-23(24)27(6,7)25(28)19-13-15-21(3)26(4,5)22-16-10-9-14-20(22)2/h9-19H,3,8H2,1-2,4-7H3/b15-13+,25-19+. The molecule has 0 N–H and O–H groups in total. The average Bonchev–Trinajstić information content (AvgIpc) is 2.88. The Bertz CT molecular complexity index is 940. The van der Waals surface area contributed by atoms with Crippen molar-refractivity contribution in [1.29, 1.82) is 0 Å². The molecule has 1 nitrogen and oxygen atoms in total. The van der Waals surface area contributed by atoms with Crippen LogP contribution in [0.2, 0.25) is 0 Å². The molecular formula is C27H33N. The second-order valence-corrected chi connectivity index (χ2v) is 8.76. The number of rotatable bonds is 5. The van der Waals surface area contributed by atoms with Crippen molar-refractivity contribution < 1.29 is 0 Å². The first-order valence-corrected chi connectivity index (χ1v) is 10.2. The van der Waals surface area contributed by atoms with Crippen LogP contribution in [0.4, 0.5) is 5.69 Å². The summed E-state index contributed by atoms with van der Waals surface area (Å²) in [6, 6.07) is 17.3. The summed E-state index contributed by atoms with van der Waals surface area (Å²) >= 11 is 0. The number of anilines is 1. The normalized spacial score (nSPS) is 17.4. The fourth-order valence-electron chi connectivity index (χ4n) is 4.39. The van der Waals surface area contributed by atoms with Crippen LogP contribution in [-0.2, 0) is 10.8 Å². The molecule has 0 unspecified atom stereocenters. The maximum Gasteiger partial charge on any atom is 0.0450 e. The highest BCUT2D eigenvalue weighted by molar-refractivity contribution is 5.70. The van der Waals surface area contributed by atoms with Crippen molar-refractivity contribution in [3.63, 3.8) is 0 Å². The monoisotopic (exact) mass is 371 g/mol. The van der Waals surface area contributed by atoms with E-state index in [1.165, 1.54) is 28.1 Å². The highest BCUT2D eigenvalue weighted by atomic mass is 15.2. The van der Waals surface area contributed by atoms with E-state index in [4.69, 9.17) is 0 Å². The molecule has 0 aliphatic carbocycles. The predicted octanol–water partition coefficient (Wildman–Crippen LogP) is 7.09. The third-order valence-corrected chi connectivity index (χ3v) is 6.29.